The summed E-state index contributed by atoms with van der Waals surface area (Å²) in [6, 6.07) is 4.31. The van der Waals surface area contributed by atoms with Crippen LogP contribution in [0.3, 0.4) is 0 Å². The van der Waals surface area contributed by atoms with Gasteiger partial charge in [0, 0.05) is 19.0 Å². The van der Waals surface area contributed by atoms with E-state index in [0.717, 1.165) is 0 Å². The van der Waals surface area contributed by atoms with Crippen molar-refractivity contribution in [2.24, 2.45) is 11.8 Å². The number of imide groups is 1. The molecule has 0 saturated carbocycles. The second-order valence-corrected chi connectivity index (χ2v) is 6.82. The number of fused-ring (bicyclic) bond motifs is 1. The third kappa shape index (κ3) is 2.36. The Morgan fingerprint density at radius 3 is 2.58 bits per heavy atom. The standard InChI is InChI=1S/C18H22N2O6/c1-5-20-15(22)12-13(16(20)23)18(2,17(24)26-4)19-14(12)9-6-7-10(21)11(8-9)25-3/h6-8,12-14,19,21H,5H2,1-4H3/p+1/t12-,13-,14-,18+/m0/s1. The Kier molecular flexibility index (Phi) is 4.39. The first kappa shape index (κ1) is 18.2. The smallest absolute Gasteiger partial charge is 0.368 e. The first-order valence-electron chi connectivity index (χ1n) is 8.46. The molecular formula is C18H23N2O6+. The van der Waals surface area contributed by atoms with E-state index in [2.05, 4.69) is 0 Å². The number of aromatic hydroxyl groups is 1. The lowest BCUT2D eigenvalue weighted by atomic mass is 9.80. The maximum atomic E-state index is 12.9. The summed E-state index contributed by atoms with van der Waals surface area (Å²) in [5, 5.41) is 11.6. The minimum atomic E-state index is -1.20. The van der Waals surface area contributed by atoms with Gasteiger partial charge in [0.1, 0.15) is 17.9 Å². The Hall–Kier alpha value is -2.61. The summed E-state index contributed by atoms with van der Waals surface area (Å²) in [5.41, 5.74) is -0.507. The number of methoxy groups -OCH3 is 2. The second kappa shape index (κ2) is 6.28. The highest BCUT2D eigenvalue weighted by atomic mass is 16.5. The van der Waals surface area contributed by atoms with Gasteiger partial charge < -0.3 is 19.9 Å². The molecule has 2 fully saturated rings. The van der Waals surface area contributed by atoms with Crippen molar-refractivity contribution in [2.45, 2.75) is 25.4 Å². The number of benzene rings is 1. The molecule has 0 aromatic heterocycles. The number of nitrogens with two attached hydrogens (primary N) is 1. The van der Waals surface area contributed by atoms with Gasteiger partial charge in [-0.05, 0) is 25.1 Å². The van der Waals surface area contributed by atoms with E-state index < -0.39 is 29.4 Å². The normalized spacial score (nSPS) is 30.5. The van der Waals surface area contributed by atoms with E-state index in [-0.39, 0.29) is 29.9 Å². The lowest BCUT2D eigenvalue weighted by Crippen LogP contribution is -2.97. The average Bonchev–Trinajstić information content (AvgIpc) is 3.09. The average molecular weight is 363 g/mol. The summed E-state index contributed by atoms with van der Waals surface area (Å²) < 4.78 is 10.1. The summed E-state index contributed by atoms with van der Waals surface area (Å²) in [5.74, 6) is -2.41. The summed E-state index contributed by atoms with van der Waals surface area (Å²) in [6.45, 7) is 3.63. The Balaban J connectivity index is 2.11. The van der Waals surface area contributed by atoms with Crippen molar-refractivity contribution >= 4 is 17.8 Å². The van der Waals surface area contributed by atoms with E-state index in [1.165, 1.54) is 25.2 Å². The number of quaternary nitrogens is 1. The lowest BCUT2D eigenvalue weighted by molar-refractivity contribution is -0.731. The number of phenolic OH excluding ortho intramolecular Hbond substituents is 1. The van der Waals surface area contributed by atoms with E-state index in [1.54, 1.807) is 31.3 Å². The Morgan fingerprint density at radius 2 is 2.00 bits per heavy atom. The minimum absolute atomic E-state index is 0.0227. The van der Waals surface area contributed by atoms with Crippen LogP contribution in [-0.4, -0.2) is 54.1 Å². The quantitative estimate of drug-likeness (QED) is 0.555. The summed E-state index contributed by atoms with van der Waals surface area (Å²) >= 11 is 0. The van der Waals surface area contributed by atoms with Crippen LogP contribution in [-0.2, 0) is 19.1 Å². The number of nitrogens with zero attached hydrogens (tertiary/aromatic N) is 1. The van der Waals surface area contributed by atoms with Crippen LogP contribution < -0.4 is 10.1 Å². The number of ether oxygens (including phenoxy) is 2. The summed E-state index contributed by atoms with van der Waals surface area (Å²) in [6.07, 6.45) is 0. The predicted molar refractivity (Wildman–Crippen MR) is 89.1 cm³/mol. The molecule has 8 heteroatoms. The van der Waals surface area contributed by atoms with Gasteiger partial charge in [-0.2, -0.15) is 0 Å². The Bertz CT molecular complexity index is 779. The van der Waals surface area contributed by atoms with Crippen molar-refractivity contribution in [1.29, 1.82) is 0 Å². The molecule has 1 aromatic carbocycles. The number of hydrogen-bond acceptors (Lipinski definition) is 6. The van der Waals surface area contributed by atoms with Crippen LogP contribution >= 0.6 is 0 Å². The molecule has 0 aliphatic carbocycles. The lowest BCUT2D eigenvalue weighted by Gasteiger charge is -2.25. The fourth-order valence-corrected chi connectivity index (χ4v) is 4.26. The van der Waals surface area contributed by atoms with Gasteiger partial charge in [0.15, 0.2) is 11.5 Å². The van der Waals surface area contributed by atoms with Gasteiger partial charge in [-0.25, -0.2) is 4.79 Å². The molecule has 140 valence electrons. The van der Waals surface area contributed by atoms with Gasteiger partial charge >= 0.3 is 5.97 Å². The number of rotatable bonds is 4. The zero-order valence-electron chi connectivity index (χ0n) is 15.2. The summed E-state index contributed by atoms with van der Waals surface area (Å²) in [7, 11) is 2.70. The Morgan fingerprint density at radius 1 is 1.31 bits per heavy atom. The molecule has 2 amide bonds. The molecule has 26 heavy (non-hydrogen) atoms. The van der Waals surface area contributed by atoms with Crippen molar-refractivity contribution in [3.63, 3.8) is 0 Å². The van der Waals surface area contributed by atoms with Gasteiger partial charge in [0.25, 0.3) is 0 Å². The van der Waals surface area contributed by atoms with Gasteiger partial charge in [0.05, 0.1) is 14.2 Å². The molecule has 2 heterocycles. The zero-order chi connectivity index (χ0) is 19.2. The molecule has 3 N–H and O–H groups in total. The van der Waals surface area contributed by atoms with Gasteiger partial charge in [-0.15, -0.1) is 0 Å². The number of likely N-dealkylation sites (tertiary alicyclic amines) is 1. The van der Waals surface area contributed by atoms with E-state index in [9.17, 15) is 19.5 Å². The maximum absolute atomic E-state index is 12.9. The summed E-state index contributed by atoms with van der Waals surface area (Å²) in [4.78, 5) is 39.4. The highest BCUT2D eigenvalue weighted by Crippen LogP contribution is 2.45. The molecule has 2 saturated heterocycles. The SMILES string of the molecule is CCN1C(=O)[C@H]2[C@@H](C1=O)[C@](C)(C(=O)OC)[NH2+][C@H]2c1ccc(O)c(OC)c1. The molecular weight excluding hydrogens is 340 g/mol. The zero-order valence-corrected chi connectivity index (χ0v) is 15.2. The maximum Gasteiger partial charge on any atom is 0.368 e. The number of hydrogen-bond donors (Lipinski definition) is 2. The molecule has 1 aromatic rings. The molecule has 0 bridgehead atoms. The molecule has 0 radical (unpaired) electrons. The predicted octanol–water partition coefficient (Wildman–Crippen LogP) is -0.428. The number of amides is 2. The van der Waals surface area contributed by atoms with E-state index in [0.29, 0.717) is 5.56 Å². The monoisotopic (exact) mass is 363 g/mol. The molecule has 2 aliphatic rings. The molecule has 0 spiro atoms. The fourth-order valence-electron chi connectivity index (χ4n) is 4.26. The van der Waals surface area contributed by atoms with Crippen LogP contribution in [0.1, 0.15) is 25.5 Å². The molecule has 8 nitrogen and oxygen atoms in total. The van der Waals surface area contributed by atoms with Crippen molar-refractivity contribution in [3.05, 3.63) is 23.8 Å². The third-order valence-corrected chi connectivity index (χ3v) is 5.53. The van der Waals surface area contributed by atoms with E-state index >= 15 is 0 Å². The molecule has 0 unspecified atom stereocenters. The van der Waals surface area contributed by atoms with Gasteiger partial charge in [-0.3, -0.25) is 14.5 Å². The van der Waals surface area contributed by atoms with Crippen LogP contribution in [0.15, 0.2) is 18.2 Å². The van der Waals surface area contributed by atoms with Crippen LogP contribution in [0.4, 0.5) is 0 Å². The number of carbonyl (C=O) groups excluding carboxylic acids is 3. The van der Waals surface area contributed by atoms with Crippen LogP contribution in [0.5, 0.6) is 11.5 Å². The van der Waals surface area contributed by atoms with Crippen molar-refractivity contribution < 1.29 is 34.3 Å². The highest BCUT2D eigenvalue weighted by molar-refractivity contribution is 6.08. The van der Waals surface area contributed by atoms with Gasteiger partial charge in [-0.1, -0.05) is 0 Å². The van der Waals surface area contributed by atoms with E-state index in [1.807, 2.05) is 0 Å². The minimum Gasteiger partial charge on any atom is -0.504 e. The topological polar surface area (TPSA) is 110 Å². The van der Waals surface area contributed by atoms with E-state index in [4.69, 9.17) is 9.47 Å². The van der Waals surface area contributed by atoms with Crippen molar-refractivity contribution in [1.82, 2.24) is 4.90 Å². The second-order valence-electron chi connectivity index (χ2n) is 6.82. The van der Waals surface area contributed by atoms with Crippen molar-refractivity contribution in [2.75, 3.05) is 20.8 Å². The Labute approximate surface area is 151 Å². The third-order valence-electron chi connectivity index (χ3n) is 5.53. The molecule has 2 aliphatic heterocycles. The molecule has 3 rings (SSSR count). The van der Waals surface area contributed by atoms with Crippen LogP contribution in [0.25, 0.3) is 0 Å². The van der Waals surface area contributed by atoms with Crippen LogP contribution in [0.2, 0.25) is 0 Å². The molecule has 4 atom stereocenters. The van der Waals surface area contributed by atoms with Crippen LogP contribution in [0, 0.1) is 11.8 Å². The first-order valence-corrected chi connectivity index (χ1v) is 8.46. The highest BCUT2D eigenvalue weighted by Gasteiger charge is 2.70. The number of carbonyl (C=O) groups is 3. The largest absolute Gasteiger partial charge is 0.504 e. The van der Waals surface area contributed by atoms with Gasteiger partial charge in [0.2, 0.25) is 17.4 Å². The number of esters is 1. The number of phenols is 1. The van der Waals surface area contributed by atoms with Crippen molar-refractivity contribution in [3.8, 4) is 11.5 Å². The first-order chi connectivity index (χ1) is 12.3. The fraction of sp³-hybridized carbons (Fsp3) is 0.500.